The van der Waals surface area contributed by atoms with Crippen molar-refractivity contribution in [2.45, 2.75) is 44.7 Å². The first-order valence-corrected chi connectivity index (χ1v) is 4.97. The van der Waals surface area contributed by atoms with E-state index in [0.717, 1.165) is 24.8 Å². The maximum Gasteiger partial charge on any atom is 0.180 e. The Balaban J connectivity index is 2.00. The summed E-state index contributed by atoms with van der Waals surface area (Å²) < 4.78 is 10.9. The molecule has 0 amide bonds. The second kappa shape index (κ2) is 3.78. The predicted octanol–water partition coefficient (Wildman–Crippen LogP) is 1.22. The lowest BCUT2D eigenvalue weighted by molar-refractivity contribution is -0.0634. The fourth-order valence-electron chi connectivity index (χ4n) is 1.78. The third-order valence-corrected chi connectivity index (χ3v) is 2.60. The van der Waals surface area contributed by atoms with Crippen LogP contribution >= 0.6 is 0 Å². The molecule has 0 aromatic carbocycles. The number of hydrogen-bond donors (Lipinski definition) is 1. The smallest absolute Gasteiger partial charge is 0.180 e. The van der Waals surface area contributed by atoms with E-state index in [1.165, 1.54) is 0 Å². The van der Waals surface area contributed by atoms with Gasteiger partial charge in [-0.3, -0.25) is 0 Å². The standard InChI is InChI=1S/C10H16O3/c1-2-3-4-7-5-8(11)9-6-12-10(7)13-9/h5,8-11H,2-4,6H2,1H3/t8-,9-,10+/m1/s1. The van der Waals surface area contributed by atoms with Crippen molar-refractivity contribution in [3.63, 3.8) is 0 Å². The van der Waals surface area contributed by atoms with Crippen LogP contribution in [0.1, 0.15) is 26.2 Å². The van der Waals surface area contributed by atoms with Gasteiger partial charge in [0.1, 0.15) is 12.2 Å². The monoisotopic (exact) mass is 184 g/mol. The fourth-order valence-corrected chi connectivity index (χ4v) is 1.78. The van der Waals surface area contributed by atoms with Gasteiger partial charge in [0.25, 0.3) is 0 Å². The van der Waals surface area contributed by atoms with Gasteiger partial charge < -0.3 is 14.6 Å². The number of fused-ring (bicyclic) bond motifs is 2. The minimum atomic E-state index is -0.467. The highest BCUT2D eigenvalue weighted by Crippen LogP contribution is 2.29. The average Bonchev–Trinajstić information content (AvgIpc) is 2.55. The quantitative estimate of drug-likeness (QED) is 0.670. The van der Waals surface area contributed by atoms with Gasteiger partial charge in [0.2, 0.25) is 0 Å². The van der Waals surface area contributed by atoms with Crippen molar-refractivity contribution in [3.05, 3.63) is 11.6 Å². The zero-order valence-electron chi connectivity index (χ0n) is 7.90. The van der Waals surface area contributed by atoms with Crippen molar-refractivity contribution in [2.24, 2.45) is 0 Å². The number of hydrogen-bond acceptors (Lipinski definition) is 3. The second-order valence-corrected chi connectivity index (χ2v) is 3.68. The number of aliphatic hydroxyl groups is 1. The van der Waals surface area contributed by atoms with Crippen LogP contribution in [0.25, 0.3) is 0 Å². The Kier molecular flexibility index (Phi) is 2.67. The normalized spacial score (nSPS) is 37.7. The van der Waals surface area contributed by atoms with E-state index in [4.69, 9.17) is 9.47 Å². The van der Waals surface area contributed by atoms with Gasteiger partial charge in [-0.2, -0.15) is 0 Å². The lowest BCUT2D eigenvalue weighted by Crippen LogP contribution is -2.31. The highest BCUT2D eigenvalue weighted by atomic mass is 16.7. The highest BCUT2D eigenvalue weighted by Gasteiger charge is 2.37. The molecule has 3 heteroatoms. The van der Waals surface area contributed by atoms with Gasteiger partial charge in [0.05, 0.1) is 6.61 Å². The molecule has 74 valence electrons. The van der Waals surface area contributed by atoms with Crippen LogP contribution in [0.15, 0.2) is 11.6 Å². The molecule has 0 aliphatic carbocycles. The van der Waals surface area contributed by atoms with Crippen molar-refractivity contribution >= 4 is 0 Å². The first kappa shape index (κ1) is 9.19. The first-order valence-electron chi connectivity index (χ1n) is 4.97. The molecule has 0 unspecified atom stereocenters. The fraction of sp³-hybridized carbons (Fsp3) is 0.800. The van der Waals surface area contributed by atoms with Crippen LogP contribution in [0.4, 0.5) is 0 Å². The van der Waals surface area contributed by atoms with Gasteiger partial charge >= 0.3 is 0 Å². The van der Waals surface area contributed by atoms with Crippen molar-refractivity contribution in [1.29, 1.82) is 0 Å². The van der Waals surface area contributed by atoms with E-state index in [0.29, 0.717) is 6.61 Å². The Morgan fingerprint density at radius 3 is 3.23 bits per heavy atom. The Hall–Kier alpha value is -0.380. The molecular weight excluding hydrogens is 168 g/mol. The molecule has 3 nitrogen and oxygen atoms in total. The van der Waals surface area contributed by atoms with E-state index in [-0.39, 0.29) is 12.4 Å². The van der Waals surface area contributed by atoms with Crippen molar-refractivity contribution in [2.75, 3.05) is 6.61 Å². The summed E-state index contributed by atoms with van der Waals surface area (Å²) in [6, 6.07) is 0. The molecule has 13 heavy (non-hydrogen) atoms. The molecule has 0 aromatic heterocycles. The maximum atomic E-state index is 9.58. The molecule has 2 bridgehead atoms. The number of rotatable bonds is 3. The Morgan fingerprint density at radius 2 is 2.46 bits per heavy atom. The zero-order valence-corrected chi connectivity index (χ0v) is 7.90. The molecule has 2 heterocycles. The van der Waals surface area contributed by atoms with E-state index in [2.05, 4.69) is 6.92 Å². The maximum absolute atomic E-state index is 9.58. The number of aliphatic hydroxyl groups excluding tert-OH is 1. The van der Waals surface area contributed by atoms with E-state index in [1.54, 1.807) is 0 Å². The van der Waals surface area contributed by atoms with Crippen molar-refractivity contribution in [1.82, 2.24) is 0 Å². The summed E-state index contributed by atoms with van der Waals surface area (Å²) in [5.41, 5.74) is 1.11. The molecule has 1 N–H and O–H groups in total. The van der Waals surface area contributed by atoms with E-state index in [1.807, 2.05) is 6.08 Å². The SMILES string of the molecule is CCCCC1=C[C@@H](O)[C@H]2CO[C@H]1O2. The molecule has 2 rings (SSSR count). The molecule has 0 aromatic rings. The van der Waals surface area contributed by atoms with Crippen LogP contribution in [-0.2, 0) is 9.47 Å². The summed E-state index contributed by atoms with van der Waals surface area (Å²) in [6.07, 6.45) is 4.41. The Bertz CT molecular complexity index is 212. The van der Waals surface area contributed by atoms with Crippen LogP contribution < -0.4 is 0 Å². The van der Waals surface area contributed by atoms with Crippen LogP contribution in [0.2, 0.25) is 0 Å². The van der Waals surface area contributed by atoms with E-state index in [9.17, 15) is 5.11 Å². The molecule has 2 aliphatic rings. The van der Waals surface area contributed by atoms with Crippen LogP contribution in [0.5, 0.6) is 0 Å². The van der Waals surface area contributed by atoms with Crippen LogP contribution in [-0.4, -0.2) is 30.2 Å². The number of ether oxygens (including phenoxy) is 2. The van der Waals surface area contributed by atoms with Gasteiger partial charge in [-0.15, -0.1) is 0 Å². The molecule has 0 radical (unpaired) electrons. The van der Waals surface area contributed by atoms with E-state index >= 15 is 0 Å². The molecule has 0 saturated carbocycles. The summed E-state index contributed by atoms with van der Waals surface area (Å²) >= 11 is 0. The minimum absolute atomic E-state index is 0.129. The van der Waals surface area contributed by atoms with Crippen LogP contribution in [0, 0.1) is 0 Å². The Morgan fingerprint density at radius 1 is 1.62 bits per heavy atom. The largest absolute Gasteiger partial charge is 0.386 e. The molecule has 0 spiro atoms. The predicted molar refractivity (Wildman–Crippen MR) is 48.2 cm³/mol. The molecule has 2 aliphatic heterocycles. The summed E-state index contributed by atoms with van der Waals surface area (Å²) in [7, 11) is 0. The first-order chi connectivity index (χ1) is 6.31. The molecule has 3 atom stereocenters. The summed E-state index contributed by atoms with van der Waals surface area (Å²) in [5, 5.41) is 9.58. The summed E-state index contributed by atoms with van der Waals surface area (Å²) in [6.45, 7) is 2.68. The average molecular weight is 184 g/mol. The topological polar surface area (TPSA) is 38.7 Å². The van der Waals surface area contributed by atoms with E-state index < -0.39 is 6.10 Å². The van der Waals surface area contributed by atoms with Gasteiger partial charge in [-0.25, -0.2) is 0 Å². The van der Waals surface area contributed by atoms with Crippen LogP contribution in [0.3, 0.4) is 0 Å². The Labute approximate surface area is 78.3 Å². The minimum Gasteiger partial charge on any atom is -0.386 e. The molecule has 1 saturated heterocycles. The third-order valence-electron chi connectivity index (χ3n) is 2.60. The highest BCUT2D eigenvalue weighted by molar-refractivity contribution is 5.15. The van der Waals surface area contributed by atoms with Gasteiger partial charge in [0.15, 0.2) is 6.29 Å². The second-order valence-electron chi connectivity index (χ2n) is 3.68. The van der Waals surface area contributed by atoms with Crippen molar-refractivity contribution < 1.29 is 14.6 Å². The zero-order chi connectivity index (χ0) is 9.26. The van der Waals surface area contributed by atoms with Gasteiger partial charge in [-0.1, -0.05) is 13.3 Å². The third kappa shape index (κ3) is 1.77. The lowest BCUT2D eigenvalue weighted by Gasteiger charge is -2.23. The lowest BCUT2D eigenvalue weighted by atomic mass is 10.0. The van der Waals surface area contributed by atoms with Crippen molar-refractivity contribution in [3.8, 4) is 0 Å². The van der Waals surface area contributed by atoms with Gasteiger partial charge in [0, 0.05) is 0 Å². The van der Waals surface area contributed by atoms with Gasteiger partial charge in [-0.05, 0) is 24.5 Å². The molecule has 1 fully saturated rings. The molecular formula is C10H16O3. The summed E-state index contributed by atoms with van der Waals surface area (Å²) in [4.78, 5) is 0. The summed E-state index contributed by atoms with van der Waals surface area (Å²) in [5.74, 6) is 0. The number of unbranched alkanes of at least 4 members (excludes halogenated alkanes) is 1.